The zero-order chi connectivity index (χ0) is 23.5. The number of likely N-dealkylation sites (N-methyl/N-ethyl adjacent to an activating group) is 1. The van der Waals surface area contributed by atoms with Gasteiger partial charge in [-0.2, -0.15) is 0 Å². The van der Waals surface area contributed by atoms with Gasteiger partial charge in [0, 0.05) is 30.8 Å². The summed E-state index contributed by atoms with van der Waals surface area (Å²) in [6, 6.07) is 8.80. The molecular weight excluding hydrogens is 408 g/mol. The molecule has 1 heterocycles. The van der Waals surface area contributed by atoms with Crippen LogP contribution in [0.5, 0.6) is 0 Å². The quantitative estimate of drug-likeness (QED) is 0.611. The monoisotopic (exact) mass is 440 g/mol. The van der Waals surface area contributed by atoms with Crippen LogP contribution in [0.15, 0.2) is 30.3 Å². The molecule has 1 aliphatic rings. The Morgan fingerprint density at radius 2 is 1.75 bits per heavy atom. The normalized spacial score (nSPS) is 13.8. The lowest BCUT2D eigenvalue weighted by molar-refractivity contribution is 0.00691. The molecule has 7 nitrogen and oxygen atoms in total. The lowest BCUT2D eigenvalue weighted by Gasteiger charge is -2.19. The SMILES string of the molecule is CN(C)CCOC(=O)c1cc2c(n1Cc1ccc(C(=O)OC(C)(C)C)cc1)CCCC2=O. The Balaban J connectivity index is 1.84. The molecule has 0 unspecified atom stereocenters. The van der Waals surface area contributed by atoms with Gasteiger partial charge in [0.15, 0.2) is 5.78 Å². The molecular formula is C25H32N2O5. The van der Waals surface area contributed by atoms with Crippen LogP contribution >= 0.6 is 0 Å². The number of fused-ring (bicyclic) bond motifs is 1. The number of nitrogens with zero attached hydrogens (tertiary/aromatic N) is 2. The summed E-state index contributed by atoms with van der Waals surface area (Å²) in [5, 5.41) is 0. The maximum atomic E-state index is 12.8. The van der Waals surface area contributed by atoms with Crippen LogP contribution in [0.25, 0.3) is 0 Å². The van der Waals surface area contributed by atoms with Crippen LogP contribution in [0, 0.1) is 0 Å². The molecule has 0 saturated carbocycles. The first-order valence-electron chi connectivity index (χ1n) is 10.9. The fourth-order valence-corrected chi connectivity index (χ4v) is 3.66. The molecule has 0 N–H and O–H groups in total. The summed E-state index contributed by atoms with van der Waals surface area (Å²) >= 11 is 0. The standard InChI is InChI=1S/C25H32N2O5/c1-25(2,3)32-23(29)18-11-9-17(10-12-18)16-27-20-7-6-8-22(28)19(20)15-21(27)24(30)31-14-13-26(4)5/h9-12,15H,6-8,13-14,16H2,1-5H3. The molecule has 172 valence electrons. The number of Topliss-reactive ketones (excluding diaryl/α,β-unsaturated/α-hetero) is 1. The molecule has 0 saturated heterocycles. The Labute approximate surface area is 189 Å². The third-order valence-electron chi connectivity index (χ3n) is 5.24. The van der Waals surface area contributed by atoms with Gasteiger partial charge in [-0.3, -0.25) is 4.79 Å². The lowest BCUT2D eigenvalue weighted by atomic mass is 9.96. The number of aromatic nitrogens is 1. The Morgan fingerprint density at radius 1 is 1.06 bits per heavy atom. The van der Waals surface area contributed by atoms with Gasteiger partial charge in [0.25, 0.3) is 0 Å². The van der Waals surface area contributed by atoms with Gasteiger partial charge in [-0.15, -0.1) is 0 Å². The fraction of sp³-hybridized carbons (Fsp3) is 0.480. The molecule has 1 aromatic heterocycles. The van der Waals surface area contributed by atoms with E-state index < -0.39 is 11.6 Å². The minimum Gasteiger partial charge on any atom is -0.460 e. The van der Waals surface area contributed by atoms with E-state index in [0.29, 0.717) is 36.3 Å². The summed E-state index contributed by atoms with van der Waals surface area (Å²) in [4.78, 5) is 39.5. The molecule has 0 fully saturated rings. The van der Waals surface area contributed by atoms with Crippen LogP contribution in [0.4, 0.5) is 0 Å². The van der Waals surface area contributed by atoms with E-state index in [-0.39, 0.29) is 18.4 Å². The van der Waals surface area contributed by atoms with Crippen molar-refractivity contribution in [3.63, 3.8) is 0 Å². The molecule has 0 aliphatic heterocycles. The Kier molecular flexibility index (Phi) is 7.19. The van der Waals surface area contributed by atoms with Crippen molar-refractivity contribution in [2.75, 3.05) is 27.2 Å². The summed E-state index contributed by atoms with van der Waals surface area (Å²) < 4.78 is 12.7. The molecule has 1 aromatic carbocycles. The van der Waals surface area contributed by atoms with Crippen molar-refractivity contribution in [1.29, 1.82) is 0 Å². The van der Waals surface area contributed by atoms with E-state index in [9.17, 15) is 14.4 Å². The van der Waals surface area contributed by atoms with Crippen molar-refractivity contribution >= 4 is 17.7 Å². The van der Waals surface area contributed by atoms with Crippen LogP contribution in [-0.4, -0.2) is 60.0 Å². The van der Waals surface area contributed by atoms with E-state index in [1.807, 2.05) is 56.5 Å². The predicted molar refractivity (Wildman–Crippen MR) is 121 cm³/mol. The molecule has 3 rings (SSSR count). The van der Waals surface area contributed by atoms with Gasteiger partial charge in [-0.25, -0.2) is 9.59 Å². The summed E-state index contributed by atoms with van der Waals surface area (Å²) in [5.41, 5.74) is 2.69. The number of benzene rings is 1. The molecule has 2 aromatic rings. The molecule has 0 atom stereocenters. The van der Waals surface area contributed by atoms with Gasteiger partial charge in [0.2, 0.25) is 0 Å². The number of ketones is 1. The third-order valence-corrected chi connectivity index (χ3v) is 5.24. The first kappa shape index (κ1) is 23.7. The van der Waals surface area contributed by atoms with Crippen LogP contribution in [-0.2, 0) is 22.4 Å². The van der Waals surface area contributed by atoms with E-state index in [2.05, 4.69) is 0 Å². The smallest absolute Gasteiger partial charge is 0.355 e. The second kappa shape index (κ2) is 9.69. The number of carbonyl (C=O) groups is 3. The molecule has 32 heavy (non-hydrogen) atoms. The fourth-order valence-electron chi connectivity index (χ4n) is 3.66. The highest BCUT2D eigenvalue weighted by Crippen LogP contribution is 2.27. The molecule has 0 spiro atoms. The number of hydrogen-bond donors (Lipinski definition) is 0. The summed E-state index contributed by atoms with van der Waals surface area (Å²) in [7, 11) is 3.82. The zero-order valence-electron chi connectivity index (χ0n) is 19.6. The van der Waals surface area contributed by atoms with E-state index in [1.54, 1.807) is 18.2 Å². The minimum atomic E-state index is -0.561. The van der Waals surface area contributed by atoms with Crippen LogP contribution in [0.1, 0.15) is 76.1 Å². The summed E-state index contributed by atoms with van der Waals surface area (Å²) in [6.45, 7) is 6.80. The first-order chi connectivity index (χ1) is 15.0. The summed E-state index contributed by atoms with van der Waals surface area (Å²) in [6.07, 6.45) is 2.00. The van der Waals surface area contributed by atoms with Gasteiger partial charge in [0.05, 0.1) is 5.56 Å². The van der Waals surface area contributed by atoms with Crippen molar-refractivity contribution in [2.24, 2.45) is 0 Å². The average Bonchev–Trinajstić information content (AvgIpc) is 3.07. The van der Waals surface area contributed by atoms with E-state index >= 15 is 0 Å². The Hall–Kier alpha value is -2.93. The zero-order valence-corrected chi connectivity index (χ0v) is 19.6. The number of hydrogen-bond acceptors (Lipinski definition) is 6. The largest absolute Gasteiger partial charge is 0.460 e. The van der Waals surface area contributed by atoms with Crippen LogP contribution in [0.2, 0.25) is 0 Å². The van der Waals surface area contributed by atoms with Crippen molar-refractivity contribution in [1.82, 2.24) is 9.47 Å². The number of esters is 2. The average molecular weight is 441 g/mol. The van der Waals surface area contributed by atoms with Crippen molar-refractivity contribution in [3.8, 4) is 0 Å². The molecule has 0 bridgehead atoms. The van der Waals surface area contributed by atoms with Crippen molar-refractivity contribution in [2.45, 2.75) is 52.2 Å². The number of rotatable bonds is 7. The Morgan fingerprint density at radius 3 is 2.38 bits per heavy atom. The maximum Gasteiger partial charge on any atom is 0.355 e. The topological polar surface area (TPSA) is 77.8 Å². The lowest BCUT2D eigenvalue weighted by Crippen LogP contribution is -2.24. The summed E-state index contributed by atoms with van der Waals surface area (Å²) in [5.74, 6) is -0.745. The van der Waals surface area contributed by atoms with Crippen LogP contribution in [0.3, 0.4) is 0 Å². The van der Waals surface area contributed by atoms with Crippen molar-refractivity contribution < 1.29 is 23.9 Å². The second-order valence-electron chi connectivity index (χ2n) is 9.39. The van der Waals surface area contributed by atoms with E-state index in [1.165, 1.54) is 0 Å². The van der Waals surface area contributed by atoms with Crippen LogP contribution < -0.4 is 0 Å². The maximum absolute atomic E-state index is 12.8. The predicted octanol–water partition coefficient (Wildman–Crippen LogP) is 3.73. The highest BCUT2D eigenvalue weighted by molar-refractivity contribution is 6.01. The van der Waals surface area contributed by atoms with Gasteiger partial charge in [-0.1, -0.05) is 12.1 Å². The molecule has 7 heteroatoms. The number of carbonyl (C=O) groups excluding carboxylic acids is 3. The van der Waals surface area contributed by atoms with E-state index in [4.69, 9.17) is 9.47 Å². The highest BCUT2D eigenvalue weighted by Gasteiger charge is 2.27. The van der Waals surface area contributed by atoms with Gasteiger partial charge >= 0.3 is 11.9 Å². The van der Waals surface area contributed by atoms with E-state index in [0.717, 1.165) is 24.1 Å². The highest BCUT2D eigenvalue weighted by atomic mass is 16.6. The Bertz CT molecular complexity index is 997. The van der Waals surface area contributed by atoms with Gasteiger partial charge < -0.3 is 18.9 Å². The molecule has 0 radical (unpaired) electrons. The first-order valence-corrected chi connectivity index (χ1v) is 10.9. The van der Waals surface area contributed by atoms with Crippen molar-refractivity contribution in [3.05, 3.63) is 58.4 Å². The molecule has 0 amide bonds. The number of ether oxygens (including phenoxy) is 2. The van der Waals surface area contributed by atoms with Gasteiger partial charge in [-0.05, 0) is 71.5 Å². The second-order valence-corrected chi connectivity index (χ2v) is 9.39. The minimum absolute atomic E-state index is 0.0626. The third kappa shape index (κ3) is 5.85. The van der Waals surface area contributed by atoms with Gasteiger partial charge in [0.1, 0.15) is 17.9 Å². The molecule has 1 aliphatic carbocycles.